The van der Waals surface area contributed by atoms with Crippen LogP contribution in [0.1, 0.15) is 25.0 Å². The second-order valence-corrected chi connectivity index (χ2v) is 10.5. The van der Waals surface area contributed by atoms with Crippen LogP contribution in [-0.2, 0) is 23.3 Å². The Kier molecular flexibility index (Phi) is 10.0. The standard InChI is InChI=1S/C18H14F6N2.2BrH.Ni/c1-11(25-15-9-5-3-7-13(15)17(19,20)21)12(2)26-16-10-6-4-8-14(16)18(22,23)24;;;/h3-10H,1-2H3;2*1H;/q;;;+2/p-2. The van der Waals surface area contributed by atoms with E-state index in [-0.39, 0.29) is 22.8 Å². The normalized spacial score (nSPS) is 13.2. The van der Waals surface area contributed by atoms with Crippen molar-refractivity contribution >= 4 is 51.2 Å². The van der Waals surface area contributed by atoms with Gasteiger partial charge in [0.05, 0.1) is 33.9 Å². The molecule has 2 aromatic rings. The van der Waals surface area contributed by atoms with E-state index >= 15 is 0 Å². The van der Waals surface area contributed by atoms with E-state index in [9.17, 15) is 26.3 Å². The number of halogens is 8. The molecule has 0 atom stereocenters. The van der Waals surface area contributed by atoms with Crippen molar-refractivity contribution in [3.05, 3.63) is 59.7 Å². The van der Waals surface area contributed by atoms with E-state index < -0.39 is 23.5 Å². The topological polar surface area (TPSA) is 24.7 Å². The minimum absolute atomic E-state index is 0.0821. The third-order valence-corrected chi connectivity index (χ3v) is 3.52. The van der Waals surface area contributed by atoms with Crippen LogP contribution in [0.4, 0.5) is 37.7 Å². The summed E-state index contributed by atoms with van der Waals surface area (Å²) < 4.78 is 78.0. The summed E-state index contributed by atoms with van der Waals surface area (Å²) in [6.07, 6.45) is -9.18. The third-order valence-electron chi connectivity index (χ3n) is 3.52. The second-order valence-electron chi connectivity index (χ2n) is 5.47. The number of aliphatic imine (C=N–C) groups is 2. The maximum atomic E-state index is 13.0. The fourth-order valence-corrected chi connectivity index (χ4v) is 2.14. The number of hydrogen-bond donors (Lipinski definition) is 0. The molecule has 0 radical (unpaired) electrons. The summed E-state index contributed by atoms with van der Waals surface area (Å²) in [6.45, 7) is 2.78. The van der Waals surface area contributed by atoms with Gasteiger partial charge in [0.25, 0.3) is 0 Å². The van der Waals surface area contributed by atoms with Crippen LogP contribution in [0.3, 0.4) is 0 Å². The number of hydrogen-bond acceptors (Lipinski definition) is 2. The van der Waals surface area contributed by atoms with Crippen molar-refractivity contribution in [2.24, 2.45) is 9.98 Å². The Morgan fingerprint density at radius 3 is 1.24 bits per heavy atom. The summed E-state index contributed by atoms with van der Waals surface area (Å²) in [5.74, 6) is 0. The van der Waals surface area contributed by atoms with Crippen LogP contribution in [0.5, 0.6) is 0 Å². The van der Waals surface area contributed by atoms with Gasteiger partial charge in [-0.25, -0.2) is 0 Å². The number of nitrogens with zero attached hydrogens (tertiary/aromatic N) is 2. The predicted molar refractivity (Wildman–Crippen MR) is 106 cm³/mol. The Bertz CT molecular complexity index is 808. The van der Waals surface area contributed by atoms with Gasteiger partial charge in [-0.05, 0) is 38.1 Å². The third kappa shape index (κ3) is 8.22. The Morgan fingerprint density at radius 1 is 0.690 bits per heavy atom. The zero-order chi connectivity index (χ0) is 22.2. The fourth-order valence-electron chi connectivity index (χ4n) is 2.14. The van der Waals surface area contributed by atoms with Gasteiger partial charge in [0.1, 0.15) is 0 Å². The van der Waals surface area contributed by atoms with Crippen LogP contribution in [-0.4, -0.2) is 11.4 Å². The van der Waals surface area contributed by atoms with Gasteiger partial charge in [0.2, 0.25) is 0 Å². The summed E-state index contributed by atoms with van der Waals surface area (Å²) in [5, 5.41) is 0. The number of alkyl halides is 6. The Labute approximate surface area is 183 Å². The minimum atomic E-state index is -4.59. The molecule has 0 saturated heterocycles. The molecule has 29 heavy (non-hydrogen) atoms. The van der Waals surface area contributed by atoms with Crippen molar-refractivity contribution in [2.75, 3.05) is 0 Å². The predicted octanol–water partition coefficient (Wildman–Crippen LogP) is 8.30. The first-order chi connectivity index (χ1) is 13.4. The van der Waals surface area contributed by atoms with E-state index in [0.717, 1.165) is 12.1 Å². The quantitative estimate of drug-likeness (QED) is 0.195. The first-order valence-corrected chi connectivity index (χ1v) is 12.6. The fraction of sp³-hybridized carbons (Fsp3) is 0.222. The van der Waals surface area contributed by atoms with Gasteiger partial charge >= 0.3 is 51.7 Å². The average molecular weight is 591 g/mol. The summed E-state index contributed by atoms with van der Waals surface area (Å²) in [5.41, 5.74) is -2.34. The molecular weight excluding hydrogens is 577 g/mol. The molecule has 11 heteroatoms. The monoisotopic (exact) mass is 588 g/mol. The molecule has 0 amide bonds. The van der Waals surface area contributed by atoms with Gasteiger partial charge in [-0.1, -0.05) is 24.3 Å². The van der Waals surface area contributed by atoms with Crippen LogP contribution < -0.4 is 0 Å². The summed E-state index contributed by atoms with van der Waals surface area (Å²) >= 11 is 6.00. The van der Waals surface area contributed by atoms with Crippen molar-refractivity contribution in [3.63, 3.8) is 0 Å². The van der Waals surface area contributed by atoms with E-state index in [1.807, 2.05) is 0 Å². The number of benzene rings is 2. The molecular formula is C18H14Br2F6N2Ni. The molecule has 2 aromatic carbocycles. The number of para-hydroxylation sites is 2. The first-order valence-electron chi connectivity index (χ1n) is 7.67. The molecule has 0 N–H and O–H groups in total. The molecule has 0 aliphatic heterocycles. The molecule has 0 aliphatic rings. The maximum absolute atomic E-state index is 13.0. The molecule has 0 unspecified atom stereocenters. The Balaban J connectivity index is 0.00000132. The molecule has 2 nitrogen and oxygen atoms in total. The summed E-state index contributed by atoms with van der Waals surface area (Å²) in [7, 11) is 1.25. The van der Waals surface area contributed by atoms with Gasteiger partial charge in [0.15, 0.2) is 0 Å². The molecule has 0 spiro atoms. The van der Waals surface area contributed by atoms with Crippen molar-refractivity contribution in [1.29, 1.82) is 0 Å². The molecule has 0 heterocycles. The Morgan fingerprint density at radius 2 is 0.966 bits per heavy atom. The van der Waals surface area contributed by atoms with Gasteiger partial charge in [0, 0.05) is 0 Å². The van der Waals surface area contributed by atoms with Gasteiger partial charge in [-0.15, -0.1) is 0 Å². The van der Waals surface area contributed by atoms with E-state index in [1.165, 1.54) is 61.1 Å². The molecule has 2 rings (SSSR count). The molecule has 0 bridgehead atoms. The van der Waals surface area contributed by atoms with Gasteiger partial charge < -0.3 is 0 Å². The van der Waals surface area contributed by atoms with E-state index in [1.54, 1.807) is 0 Å². The molecule has 0 aliphatic carbocycles. The van der Waals surface area contributed by atoms with E-state index in [2.05, 4.69) is 38.4 Å². The van der Waals surface area contributed by atoms with Gasteiger partial charge in [-0.2, -0.15) is 26.3 Å². The zero-order valence-corrected chi connectivity index (χ0v) is 19.0. The first kappa shape index (κ1) is 25.8. The molecule has 0 fully saturated rings. The zero-order valence-electron chi connectivity index (χ0n) is 14.9. The molecule has 0 saturated carbocycles. The summed E-state index contributed by atoms with van der Waals surface area (Å²) in [6, 6.07) is 9.40. The van der Waals surface area contributed by atoms with E-state index in [0.29, 0.717) is 0 Å². The SMILES string of the molecule is CC(=Nc1ccccc1C(F)(F)F)C(C)=Nc1ccccc1C(F)(F)F.[Br][Ni][Br]. The van der Waals surface area contributed by atoms with Crippen molar-refractivity contribution in [1.82, 2.24) is 0 Å². The average Bonchev–Trinajstić information content (AvgIpc) is 2.61. The van der Waals surface area contributed by atoms with Crippen molar-refractivity contribution in [2.45, 2.75) is 26.2 Å². The van der Waals surface area contributed by atoms with Crippen LogP contribution in [0, 0.1) is 0 Å². The molecule has 0 aromatic heterocycles. The second kappa shape index (κ2) is 11.3. The van der Waals surface area contributed by atoms with E-state index in [4.69, 9.17) is 0 Å². The molecule has 162 valence electrons. The van der Waals surface area contributed by atoms with Crippen molar-refractivity contribution in [3.8, 4) is 0 Å². The number of rotatable bonds is 3. The summed E-state index contributed by atoms with van der Waals surface area (Å²) in [4.78, 5) is 7.80. The van der Waals surface area contributed by atoms with Crippen LogP contribution in [0.2, 0.25) is 0 Å². The van der Waals surface area contributed by atoms with Gasteiger partial charge in [-0.3, -0.25) is 9.98 Å². The van der Waals surface area contributed by atoms with Crippen molar-refractivity contribution < 1.29 is 37.2 Å². The Hall–Kier alpha value is -1.19. The van der Waals surface area contributed by atoms with Crippen LogP contribution in [0.15, 0.2) is 58.5 Å². The van der Waals surface area contributed by atoms with Crippen LogP contribution >= 0.6 is 28.5 Å². The van der Waals surface area contributed by atoms with Crippen LogP contribution in [0.25, 0.3) is 0 Å².